The van der Waals surface area contributed by atoms with Crippen LogP contribution in [-0.2, 0) is 6.54 Å². The van der Waals surface area contributed by atoms with Gasteiger partial charge in [-0.2, -0.15) is 0 Å². The van der Waals surface area contributed by atoms with E-state index in [1.54, 1.807) is 0 Å². The maximum atomic E-state index is 3.52. The summed E-state index contributed by atoms with van der Waals surface area (Å²) in [5.74, 6) is 0. The van der Waals surface area contributed by atoms with Crippen molar-refractivity contribution in [3.05, 3.63) is 35.4 Å². The summed E-state index contributed by atoms with van der Waals surface area (Å²) in [5.41, 5.74) is 2.78. The lowest BCUT2D eigenvalue weighted by Gasteiger charge is -2.19. The molecule has 0 fully saturated rings. The van der Waals surface area contributed by atoms with Gasteiger partial charge in [-0.3, -0.25) is 0 Å². The maximum Gasteiger partial charge on any atom is 0.0208 e. The number of hydrogen-bond donors (Lipinski definition) is 1. The average Bonchev–Trinajstić information content (AvgIpc) is 2.35. The Hall–Kier alpha value is -0.860. The van der Waals surface area contributed by atoms with E-state index < -0.39 is 0 Å². The third-order valence-electron chi connectivity index (χ3n) is 3.17. The molecule has 0 heterocycles. The van der Waals surface area contributed by atoms with Crippen molar-refractivity contribution in [1.82, 2.24) is 10.2 Å². The van der Waals surface area contributed by atoms with E-state index in [1.165, 1.54) is 24.1 Å². The van der Waals surface area contributed by atoms with Crippen LogP contribution in [0.3, 0.4) is 0 Å². The smallest absolute Gasteiger partial charge is 0.0208 e. The molecule has 1 aromatic carbocycles. The largest absolute Gasteiger partial charge is 0.311 e. The van der Waals surface area contributed by atoms with Crippen molar-refractivity contribution in [3.8, 4) is 0 Å². The summed E-state index contributed by atoms with van der Waals surface area (Å²) in [5, 5.41) is 3.52. The highest BCUT2D eigenvalue weighted by atomic mass is 15.1. The first-order valence-electron chi connectivity index (χ1n) is 6.75. The highest BCUT2D eigenvalue weighted by Crippen LogP contribution is 2.05. The monoisotopic (exact) mass is 234 g/mol. The van der Waals surface area contributed by atoms with Crippen LogP contribution in [0.25, 0.3) is 0 Å². The fraction of sp³-hybridized carbons (Fsp3) is 0.600. The Morgan fingerprint density at radius 3 is 2.53 bits per heavy atom. The van der Waals surface area contributed by atoms with E-state index in [4.69, 9.17) is 0 Å². The minimum atomic E-state index is 0.982. The molecule has 0 aliphatic rings. The van der Waals surface area contributed by atoms with E-state index in [-0.39, 0.29) is 0 Å². The normalized spacial score (nSPS) is 11.1. The molecule has 0 unspecified atom stereocenters. The molecule has 0 saturated carbocycles. The summed E-state index contributed by atoms with van der Waals surface area (Å²) in [6, 6.07) is 8.58. The van der Waals surface area contributed by atoms with E-state index in [2.05, 4.69) is 55.3 Å². The third kappa shape index (κ3) is 5.33. The number of likely N-dealkylation sites (N-methyl/N-ethyl adjacent to an activating group) is 1. The van der Waals surface area contributed by atoms with Gasteiger partial charge in [0, 0.05) is 19.6 Å². The molecule has 0 amide bonds. The fourth-order valence-electron chi connectivity index (χ4n) is 2.01. The van der Waals surface area contributed by atoms with Gasteiger partial charge in [0.05, 0.1) is 0 Å². The van der Waals surface area contributed by atoms with E-state index in [1.807, 2.05) is 0 Å². The van der Waals surface area contributed by atoms with Gasteiger partial charge >= 0.3 is 0 Å². The lowest BCUT2D eigenvalue weighted by atomic mass is 10.1. The zero-order chi connectivity index (χ0) is 12.5. The zero-order valence-corrected chi connectivity index (χ0v) is 11.5. The topological polar surface area (TPSA) is 15.3 Å². The van der Waals surface area contributed by atoms with Crippen molar-refractivity contribution in [1.29, 1.82) is 0 Å². The number of aryl methyl sites for hydroxylation is 1. The predicted octanol–water partition coefficient (Wildman–Crippen LogP) is 2.82. The van der Waals surface area contributed by atoms with Gasteiger partial charge in [-0.05, 0) is 37.6 Å². The van der Waals surface area contributed by atoms with Gasteiger partial charge in [0.25, 0.3) is 0 Å². The van der Waals surface area contributed by atoms with Crippen LogP contribution in [-0.4, -0.2) is 31.1 Å². The van der Waals surface area contributed by atoms with Crippen LogP contribution in [0.5, 0.6) is 0 Å². The van der Waals surface area contributed by atoms with Gasteiger partial charge in [-0.1, -0.05) is 38.1 Å². The molecule has 2 nitrogen and oxygen atoms in total. The summed E-state index contributed by atoms with van der Waals surface area (Å²) >= 11 is 0. The van der Waals surface area contributed by atoms with Crippen LogP contribution in [0, 0.1) is 6.92 Å². The van der Waals surface area contributed by atoms with Crippen LogP contribution < -0.4 is 5.32 Å². The Balaban J connectivity index is 2.22. The Kier molecular flexibility index (Phi) is 6.90. The first-order chi connectivity index (χ1) is 8.27. The van der Waals surface area contributed by atoms with Crippen LogP contribution in [0.1, 0.15) is 31.4 Å². The maximum absolute atomic E-state index is 3.52. The van der Waals surface area contributed by atoms with Crippen molar-refractivity contribution >= 4 is 0 Å². The Morgan fingerprint density at radius 1 is 1.12 bits per heavy atom. The van der Waals surface area contributed by atoms with E-state index in [0.29, 0.717) is 0 Å². The quantitative estimate of drug-likeness (QED) is 0.696. The predicted molar refractivity (Wildman–Crippen MR) is 75.3 cm³/mol. The number of hydrogen-bond acceptors (Lipinski definition) is 2. The molecule has 1 N–H and O–H groups in total. The van der Waals surface area contributed by atoms with Crippen LogP contribution in [0.15, 0.2) is 24.3 Å². The second kappa shape index (κ2) is 8.26. The number of rotatable bonds is 8. The lowest BCUT2D eigenvalue weighted by Crippen LogP contribution is -2.32. The van der Waals surface area contributed by atoms with E-state index in [9.17, 15) is 0 Å². The average molecular weight is 234 g/mol. The van der Waals surface area contributed by atoms with Crippen LogP contribution in [0.2, 0.25) is 0 Å². The van der Waals surface area contributed by atoms with Gasteiger partial charge in [-0.25, -0.2) is 0 Å². The van der Waals surface area contributed by atoms with Gasteiger partial charge in [-0.15, -0.1) is 0 Å². The highest BCUT2D eigenvalue weighted by Gasteiger charge is 2.00. The molecule has 2 heteroatoms. The molecule has 0 saturated heterocycles. The Bertz CT molecular complexity index is 310. The molecule has 0 aliphatic heterocycles. The highest BCUT2D eigenvalue weighted by molar-refractivity contribution is 5.25. The molecule has 0 aromatic heterocycles. The molecule has 0 bridgehead atoms. The second-order valence-corrected chi connectivity index (χ2v) is 4.54. The second-order valence-electron chi connectivity index (χ2n) is 4.54. The molecule has 1 rings (SSSR count). The van der Waals surface area contributed by atoms with Crippen molar-refractivity contribution in [2.45, 2.75) is 33.7 Å². The third-order valence-corrected chi connectivity index (χ3v) is 3.17. The zero-order valence-electron chi connectivity index (χ0n) is 11.5. The molecule has 0 radical (unpaired) electrons. The van der Waals surface area contributed by atoms with E-state index >= 15 is 0 Å². The molecule has 1 aromatic rings. The summed E-state index contributed by atoms with van der Waals surface area (Å²) in [7, 11) is 0. The van der Waals surface area contributed by atoms with Gasteiger partial charge in [0.15, 0.2) is 0 Å². The summed E-state index contributed by atoms with van der Waals surface area (Å²) in [4.78, 5) is 2.49. The van der Waals surface area contributed by atoms with Crippen molar-refractivity contribution < 1.29 is 0 Å². The van der Waals surface area contributed by atoms with Gasteiger partial charge in [0.1, 0.15) is 0 Å². The Labute approximate surface area is 106 Å². The SMILES string of the molecule is CCCN(CC)CCNCc1ccccc1C. The van der Waals surface area contributed by atoms with Gasteiger partial charge in [0.2, 0.25) is 0 Å². The molecule has 96 valence electrons. The number of nitrogens with one attached hydrogen (secondary N) is 1. The number of nitrogens with zero attached hydrogens (tertiary/aromatic N) is 1. The first-order valence-corrected chi connectivity index (χ1v) is 6.75. The van der Waals surface area contributed by atoms with E-state index in [0.717, 1.165) is 26.2 Å². The Morgan fingerprint density at radius 2 is 1.88 bits per heavy atom. The summed E-state index contributed by atoms with van der Waals surface area (Å²) in [6.45, 7) is 12.2. The standard InChI is InChI=1S/C15H26N2/c1-4-11-17(5-2)12-10-16-13-15-9-7-6-8-14(15)3/h6-9,16H,4-5,10-13H2,1-3H3. The fourth-order valence-corrected chi connectivity index (χ4v) is 2.01. The number of benzene rings is 1. The first kappa shape index (κ1) is 14.2. The van der Waals surface area contributed by atoms with Crippen LogP contribution >= 0.6 is 0 Å². The van der Waals surface area contributed by atoms with Crippen molar-refractivity contribution in [2.24, 2.45) is 0 Å². The molecular formula is C15H26N2. The lowest BCUT2D eigenvalue weighted by molar-refractivity contribution is 0.287. The molecule has 0 spiro atoms. The molecular weight excluding hydrogens is 208 g/mol. The van der Waals surface area contributed by atoms with Crippen LogP contribution in [0.4, 0.5) is 0 Å². The summed E-state index contributed by atoms with van der Waals surface area (Å²) < 4.78 is 0. The van der Waals surface area contributed by atoms with Crippen molar-refractivity contribution in [3.63, 3.8) is 0 Å². The minimum Gasteiger partial charge on any atom is -0.311 e. The summed E-state index contributed by atoms with van der Waals surface area (Å²) in [6.07, 6.45) is 1.24. The minimum absolute atomic E-state index is 0.982. The van der Waals surface area contributed by atoms with Crippen molar-refractivity contribution in [2.75, 3.05) is 26.2 Å². The molecule has 17 heavy (non-hydrogen) atoms. The van der Waals surface area contributed by atoms with Gasteiger partial charge < -0.3 is 10.2 Å². The molecule has 0 aliphatic carbocycles. The molecule has 0 atom stereocenters.